The molecule has 3 heteroatoms. The van der Waals surface area contributed by atoms with Crippen LogP contribution in [0.15, 0.2) is 54.7 Å². The van der Waals surface area contributed by atoms with Crippen molar-refractivity contribution in [2.24, 2.45) is 0 Å². The molecule has 0 N–H and O–H groups in total. The lowest BCUT2D eigenvalue weighted by molar-refractivity contribution is 0.304. The zero-order valence-corrected chi connectivity index (χ0v) is 14.9. The number of hydrogen-bond donors (Lipinski definition) is 0. The van der Waals surface area contributed by atoms with Crippen LogP contribution in [0.25, 0.3) is 22.3 Å². The van der Waals surface area contributed by atoms with Crippen molar-refractivity contribution in [2.45, 2.75) is 45.4 Å². The SMILES string of the molecule is CCCCCCCCOc1ccc(-c2cnc3ccccc3n2)cc1. The molecule has 1 aromatic heterocycles. The number of nitrogens with zero attached hydrogens (tertiary/aromatic N) is 2. The lowest BCUT2D eigenvalue weighted by Crippen LogP contribution is -1.97. The highest BCUT2D eigenvalue weighted by atomic mass is 16.5. The Morgan fingerprint density at radius 3 is 2.32 bits per heavy atom. The molecular formula is C22H26N2O. The van der Waals surface area contributed by atoms with Gasteiger partial charge in [-0.15, -0.1) is 0 Å². The second-order valence-electron chi connectivity index (χ2n) is 6.38. The maximum Gasteiger partial charge on any atom is 0.119 e. The fourth-order valence-electron chi connectivity index (χ4n) is 2.89. The standard InChI is InChI=1S/C22H26N2O/c1-2-3-4-5-6-9-16-25-19-14-12-18(13-15-19)22-17-23-20-10-7-8-11-21(20)24-22/h7-8,10-15,17H,2-6,9,16H2,1H3. The van der Waals surface area contributed by atoms with Crippen LogP contribution in [0.1, 0.15) is 45.4 Å². The first kappa shape index (κ1) is 17.4. The van der Waals surface area contributed by atoms with E-state index in [0.717, 1.165) is 41.1 Å². The summed E-state index contributed by atoms with van der Waals surface area (Å²) in [5, 5.41) is 0. The number of unbranched alkanes of at least 4 members (excludes halogenated alkanes) is 5. The molecule has 0 atom stereocenters. The van der Waals surface area contributed by atoms with Gasteiger partial charge in [0.25, 0.3) is 0 Å². The Hall–Kier alpha value is -2.42. The number of fused-ring (bicyclic) bond motifs is 1. The van der Waals surface area contributed by atoms with Crippen LogP contribution in [-0.4, -0.2) is 16.6 Å². The molecule has 0 aliphatic rings. The van der Waals surface area contributed by atoms with Crippen LogP contribution >= 0.6 is 0 Å². The average Bonchev–Trinajstić information content (AvgIpc) is 2.67. The highest BCUT2D eigenvalue weighted by Crippen LogP contribution is 2.22. The summed E-state index contributed by atoms with van der Waals surface area (Å²) in [7, 11) is 0. The fraction of sp³-hybridized carbons (Fsp3) is 0.364. The van der Waals surface area contributed by atoms with Crippen LogP contribution < -0.4 is 4.74 Å². The zero-order chi connectivity index (χ0) is 17.3. The molecule has 0 saturated carbocycles. The van der Waals surface area contributed by atoms with Crippen LogP contribution in [0.4, 0.5) is 0 Å². The third-order valence-corrected chi connectivity index (χ3v) is 4.37. The smallest absolute Gasteiger partial charge is 0.119 e. The Labute approximate surface area is 150 Å². The first-order valence-electron chi connectivity index (χ1n) is 9.32. The first-order valence-corrected chi connectivity index (χ1v) is 9.32. The summed E-state index contributed by atoms with van der Waals surface area (Å²) >= 11 is 0. The number of rotatable bonds is 9. The number of benzene rings is 2. The van der Waals surface area contributed by atoms with Gasteiger partial charge in [0.1, 0.15) is 5.75 Å². The molecule has 2 aromatic carbocycles. The van der Waals surface area contributed by atoms with Crippen molar-refractivity contribution < 1.29 is 4.74 Å². The van der Waals surface area contributed by atoms with E-state index in [1.807, 2.05) is 42.6 Å². The molecule has 0 spiro atoms. The lowest BCUT2D eigenvalue weighted by atomic mass is 10.1. The van der Waals surface area contributed by atoms with Crippen LogP contribution in [0.3, 0.4) is 0 Å². The van der Waals surface area contributed by atoms with Crippen molar-refractivity contribution >= 4 is 11.0 Å². The van der Waals surface area contributed by atoms with Crippen molar-refractivity contribution in [1.82, 2.24) is 9.97 Å². The Kier molecular flexibility index (Phi) is 6.38. The predicted molar refractivity (Wildman–Crippen MR) is 104 cm³/mol. The van der Waals surface area contributed by atoms with E-state index >= 15 is 0 Å². The highest BCUT2D eigenvalue weighted by Gasteiger charge is 2.03. The summed E-state index contributed by atoms with van der Waals surface area (Å²) in [5.74, 6) is 0.922. The zero-order valence-electron chi connectivity index (χ0n) is 14.9. The molecule has 0 saturated heterocycles. The van der Waals surface area contributed by atoms with Crippen LogP contribution in [0, 0.1) is 0 Å². The average molecular weight is 334 g/mol. The molecule has 130 valence electrons. The Balaban J connectivity index is 1.53. The fourth-order valence-corrected chi connectivity index (χ4v) is 2.89. The largest absolute Gasteiger partial charge is 0.494 e. The summed E-state index contributed by atoms with van der Waals surface area (Å²) < 4.78 is 5.84. The Morgan fingerprint density at radius 1 is 0.800 bits per heavy atom. The number of aromatic nitrogens is 2. The third kappa shape index (κ3) is 5.02. The Bertz CT molecular complexity index is 783. The third-order valence-electron chi connectivity index (χ3n) is 4.37. The molecule has 0 fully saturated rings. The molecule has 0 unspecified atom stereocenters. The van der Waals surface area contributed by atoms with Gasteiger partial charge in [0, 0.05) is 5.56 Å². The van der Waals surface area contributed by atoms with Gasteiger partial charge in [-0.2, -0.15) is 0 Å². The normalized spacial score (nSPS) is 10.9. The molecule has 3 nitrogen and oxygen atoms in total. The molecule has 0 bridgehead atoms. The summed E-state index contributed by atoms with van der Waals surface area (Å²) in [5.41, 5.74) is 3.79. The van der Waals surface area contributed by atoms with Gasteiger partial charge in [0.05, 0.1) is 29.5 Å². The van der Waals surface area contributed by atoms with Gasteiger partial charge in [0.2, 0.25) is 0 Å². The summed E-state index contributed by atoms with van der Waals surface area (Å²) in [6.45, 7) is 3.04. The van der Waals surface area contributed by atoms with E-state index in [-0.39, 0.29) is 0 Å². The van der Waals surface area contributed by atoms with Gasteiger partial charge in [-0.3, -0.25) is 4.98 Å². The first-order chi connectivity index (χ1) is 12.4. The van der Waals surface area contributed by atoms with E-state index in [0.29, 0.717) is 0 Å². The van der Waals surface area contributed by atoms with E-state index in [1.165, 1.54) is 32.1 Å². The molecule has 3 aromatic rings. The van der Waals surface area contributed by atoms with E-state index in [4.69, 9.17) is 4.74 Å². The van der Waals surface area contributed by atoms with Crippen molar-refractivity contribution in [3.8, 4) is 17.0 Å². The minimum atomic E-state index is 0.793. The van der Waals surface area contributed by atoms with E-state index in [1.54, 1.807) is 0 Å². The second-order valence-corrected chi connectivity index (χ2v) is 6.38. The summed E-state index contributed by atoms with van der Waals surface area (Å²) in [6.07, 6.45) is 9.51. The minimum absolute atomic E-state index is 0.793. The molecule has 0 aliphatic heterocycles. The van der Waals surface area contributed by atoms with Gasteiger partial charge < -0.3 is 4.74 Å². The maximum absolute atomic E-state index is 5.84. The number of hydrogen-bond acceptors (Lipinski definition) is 3. The number of para-hydroxylation sites is 2. The van der Waals surface area contributed by atoms with Crippen LogP contribution in [0.5, 0.6) is 5.75 Å². The van der Waals surface area contributed by atoms with Crippen LogP contribution in [-0.2, 0) is 0 Å². The molecular weight excluding hydrogens is 308 g/mol. The topological polar surface area (TPSA) is 35.0 Å². The van der Waals surface area contributed by atoms with Gasteiger partial charge in [-0.1, -0.05) is 51.2 Å². The van der Waals surface area contributed by atoms with E-state index < -0.39 is 0 Å². The predicted octanol–water partition coefficient (Wildman–Crippen LogP) is 6.04. The monoisotopic (exact) mass is 334 g/mol. The summed E-state index contributed by atoms with van der Waals surface area (Å²) in [4.78, 5) is 9.16. The van der Waals surface area contributed by atoms with E-state index in [9.17, 15) is 0 Å². The molecule has 3 rings (SSSR count). The lowest BCUT2D eigenvalue weighted by Gasteiger charge is -2.07. The maximum atomic E-state index is 5.84. The van der Waals surface area contributed by atoms with Crippen molar-refractivity contribution in [3.63, 3.8) is 0 Å². The van der Waals surface area contributed by atoms with Gasteiger partial charge >= 0.3 is 0 Å². The van der Waals surface area contributed by atoms with Gasteiger partial charge in [0.15, 0.2) is 0 Å². The number of ether oxygens (including phenoxy) is 1. The minimum Gasteiger partial charge on any atom is -0.494 e. The highest BCUT2D eigenvalue weighted by molar-refractivity contribution is 5.76. The molecule has 0 radical (unpaired) electrons. The summed E-state index contributed by atoms with van der Waals surface area (Å²) in [6, 6.07) is 16.1. The van der Waals surface area contributed by atoms with Gasteiger partial charge in [-0.05, 0) is 42.8 Å². The Morgan fingerprint density at radius 2 is 1.52 bits per heavy atom. The molecule has 1 heterocycles. The van der Waals surface area contributed by atoms with Crippen molar-refractivity contribution in [2.75, 3.05) is 6.61 Å². The van der Waals surface area contributed by atoms with E-state index in [2.05, 4.69) is 29.0 Å². The van der Waals surface area contributed by atoms with Gasteiger partial charge in [-0.25, -0.2) is 4.98 Å². The molecule has 0 aliphatic carbocycles. The molecule has 25 heavy (non-hydrogen) atoms. The second kappa shape index (κ2) is 9.16. The quantitative estimate of drug-likeness (QED) is 0.448. The van der Waals surface area contributed by atoms with Crippen molar-refractivity contribution in [3.05, 3.63) is 54.7 Å². The molecule has 0 amide bonds. The van der Waals surface area contributed by atoms with Crippen LogP contribution in [0.2, 0.25) is 0 Å². The van der Waals surface area contributed by atoms with Crippen molar-refractivity contribution in [1.29, 1.82) is 0 Å².